The Morgan fingerprint density at radius 3 is 2.09 bits per heavy atom. The molecule has 0 unspecified atom stereocenters. The van der Waals surface area contributed by atoms with Gasteiger partial charge in [-0.15, -0.1) is 0 Å². The van der Waals surface area contributed by atoms with Gasteiger partial charge in [0.2, 0.25) is 5.91 Å². The zero-order chi connectivity index (χ0) is 9.07. The summed E-state index contributed by atoms with van der Waals surface area (Å²) in [6.45, 7) is 5.18. The van der Waals surface area contributed by atoms with E-state index in [0.29, 0.717) is 0 Å². The van der Waals surface area contributed by atoms with E-state index in [1.165, 1.54) is 0 Å². The molecule has 0 aromatic heterocycles. The van der Waals surface area contributed by atoms with Crippen molar-refractivity contribution in [1.29, 1.82) is 0 Å². The van der Waals surface area contributed by atoms with Crippen LogP contribution in [0.3, 0.4) is 0 Å². The largest absolute Gasteiger partial charge is 0.460 e. The molecule has 0 aromatic rings. The molecule has 4 heteroatoms. The van der Waals surface area contributed by atoms with Crippen LogP contribution in [0, 0.1) is 0 Å². The number of amides is 1. The Hall–Kier alpha value is -1.06. The molecule has 64 valence electrons. The third-order valence-electron chi connectivity index (χ3n) is 0.739. The van der Waals surface area contributed by atoms with Gasteiger partial charge >= 0.3 is 5.97 Å². The molecular weight excluding hydrogens is 146 g/mol. The van der Waals surface area contributed by atoms with E-state index >= 15 is 0 Å². The maximum atomic E-state index is 10.7. The van der Waals surface area contributed by atoms with Crippen molar-refractivity contribution in [3.8, 4) is 0 Å². The number of hydrogen-bond donors (Lipinski definition) is 1. The Labute approximate surface area is 65.7 Å². The molecule has 11 heavy (non-hydrogen) atoms. The van der Waals surface area contributed by atoms with E-state index in [1.807, 2.05) is 0 Å². The highest BCUT2D eigenvalue weighted by molar-refractivity contribution is 5.93. The lowest BCUT2D eigenvalue weighted by atomic mass is 10.2. The molecule has 0 fully saturated rings. The summed E-state index contributed by atoms with van der Waals surface area (Å²) in [5.74, 6) is -1.25. The Kier molecular flexibility index (Phi) is 3.04. The van der Waals surface area contributed by atoms with Crippen LogP contribution in [0.5, 0.6) is 0 Å². The number of primary amides is 1. The second kappa shape index (κ2) is 3.37. The normalized spacial score (nSPS) is 10.8. The first-order valence-electron chi connectivity index (χ1n) is 3.31. The van der Waals surface area contributed by atoms with E-state index < -0.39 is 17.5 Å². The van der Waals surface area contributed by atoms with Crippen LogP contribution in [0.4, 0.5) is 0 Å². The van der Waals surface area contributed by atoms with Gasteiger partial charge in [0.1, 0.15) is 12.0 Å². The van der Waals surface area contributed by atoms with Crippen LogP contribution in [0.15, 0.2) is 0 Å². The van der Waals surface area contributed by atoms with E-state index in [1.54, 1.807) is 20.8 Å². The van der Waals surface area contributed by atoms with Crippen molar-refractivity contribution in [2.75, 3.05) is 0 Å². The Balaban J connectivity index is 3.80. The fourth-order valence-corrected chi connectivity index (χ4v) is 0.520. The molecule has 0 saturated carbocycles. The van der Waals surface area contributed by atoms with E-state index in [-0.39, 0.29) is 6.42 Å². The summed E-state index contributed by atoms with van der Waals surface area (Å²) < 4.78 is 4.81. The van der Waals surface area contributed by atoms with Crippen molar-refractivity contribution in [2.45, 2.75) is 32.8 Å². The molecule has 0 heterocycles. The van der Waals surface area contributed by atoms with Crippen LogP contribution in [0.25, 0.3) is 0 Å². The highest BCUT2D eigenvalue weighted by Gasteiger charge is 2.17. The first-order valence-corrected chi connectivity index (χ1v) is 3.31. The quantitative estimate of drug-likeness (QED) is 0.462. The van der Waals surface area contributed by atoms with Crippen LogP contribution in [-0.4, -0.2) is 17.5 Å². The standard InChI is InChI=1S/C7H13NO3/c1-7(2,3)11-6(10)4-5(8)9/h4H2,1-3H3,(H2,8,9). The molecule has 0 aliphatic rings. The Morgan fingerprint density at radius 1 is 1.36 bits per heavy atom. The van der Waals surface area contributed by atoms with Crippen molar-refractivity contribution in [1.82, 2.24) is 0 Å². The fraction of sp³-hybridized carbons (Fsp3) is 0.714. The molecule has 0 rings (SSSR count). The van der Waals surface area contributed by atoms with Gasteiger partial charge in [0, 0.05) is 0 Å². The van der Waals surface area contributed by atoms with Gasteiger partial charge in [-0.1, -0.05) is 0 Å². The molecule has 0 aliphatic heterocycles. The SMILES string of the molecule is CC(C)(C)OC(=O)CC(N)=O. The number of hydrogen-bond acceptors (Lipinski definition) is 3. The van der Waals surface area contributed by atoms with Gasteiger partial charge in [0.15, 0.2) is 0 Å². The number of carbonyl (C=O) groups excluding carboxylic acids is 2. The predicted molar refractivity (Wildman–Crippen MR) is 39.7 cm³/mol. The molecule has 2 N–H and O–H groups in total. The molecule has 0 saturated heterocycles. The topological polar surface area (TPSA) is 69.4 Å². The lowest BCUT2D eigenvalue weighted by Crippen LogP contribution is -2.27. The number of ether oxygens (including phenoxy) is 1. The average Bonchev–Trinajstić information content (AvgIpc) is 1.53. The van der Waals surface area contributed by atoms with Crippen LogP contribution in [0.1, 0.15) is 27.2 Å². The molecular formula is C7H13NO3. The van der Waals surface area contributed by atoms with Gasteiger partial charge in [-0.25, -0.2) is 0 Å². The zero-order valence-corrected chi connectivity index (χ0v) is 7.01. The minimum atomic E-state index is -0.667. The van der Waals surface area contributed by atoms with E-state index in [4.69, 9.17) is 10.5 Å². The predicted octanol–water partition coefficient (Wildman–Crippen LogP) is 0.203. The van der Waals surface area contributed by atoms with Crippen LogP contribution >= 0.6 is 0 Å². The summed E-state index contributed by atoms with van der Waals surface area (Å²) in [7, 11) is 0. The zero-order valence-electron chi connectivity index (χ0n) is 7.01. The molecule has 0 spiro atoms. The van der Waals surface area contributed by atoms with Gasteiger partial charge in [-0.05, 0) is 20.8 Å². The average molecular weight is 159 g/mol. The van der Waals surface area contributed by atoms with Crippen molar-refractivity contribution >= 4 is 11.9 Å². The lowest BCUT2D eigenvalue weighted by molar-refractivity contribution is -0.156. The third kappa shape index (κ3) is 6.83. The summed E-state index contributed by atoms with van der Waals surface area (Å²) in [4.78, 5) is 21.0. The number of nitrogens with two attached hydrogens (primary N) is 1. The van der Waals surface area contributed by atoms with E-state index in [0.717, 1.165) is 0 Å². The van der Waals surface area contributed by atoms with Crippen molar-refractivity contribution in [3.63, 3.8) is 0 Å². The lowest BCUT2D eigenvalue weighted by Gasteiger charge is -2.18. The van der Waals surface area contributed by atoms with Crippen LogP contribution in [-0.2, 0) is 14.3 Å². The second-order valence-electron chi connectivity index (χ2n) is 3.23. The van der Waals surface area contributed by atoms with Crippen molar-refractivity contribution in [2.24, 2.45) is 5.73 Å². The molecule has 0 atom stereocenters. The van der Waals surface area contributed by atoms with Gasteiger partial charge in [0.25, 0.3) is 0 Å². The second-order valence-corrected chi connectivity index (χ2v) is 3.23. The van der Waals surface area contributed by atoms with Gasteiger partial charge < -0.3 is 10.5 Å². The summed E-state index contributed by atoms with van der Waals surface area (Å²) >= 11 is 0. The highest BCUT2D eigenvalue weighted by Crippen LogP contribution is 2.07. The van der Waals surface area contributed by atoms with Gasteiger partial charge in [-0.2, -0.15) is 0 Å². The van der Waals surface area contributed by atoms with Crippen LogP contribution in [0.2, 0.25) is 0 Å². The fourth-order valence-electron chi connectivity index (χ4n) is 0.520. The molecule has 0 aliphatic carbocycles. The Morgan fingerprint density at radius 2 is 1.82 bits per heavy atom. The molecule has 1 amide bonds. The number of carbonyl (C=O) groups is 2. The maximum Gasteiger partial charge on any atom is 0.315 e. The molecule has 4 nitrogen and oxygen atoms in total. The monoisotopic (exact) mass is 159 g/mol. The van der Waals surface area contributed by atoms with Gasteiger partial charge in [0.05, 0.1) is 0 Å². The van der Waals surface area contributed by atoms with Crippen LogP contribution < -0.4 is 5.73 Å². The third-order valence-corrected chi connectivity index (χ3v) is 0.739. The molecule has 0 bridgehead atoms. The Bertz CT molecular complexity index is 169. The summed E-state index contributed by atoms with van der Waals surface area (Å²) in [5.41, 5.74) is 4.22. The summed E-state index contributed by atoms with van der Waals surface area (Å²) in [6.07, 6.45) is -0.350. The van der Waals surface area contributed by atoms with Crippen molar-refractivity contribution in [3.05, 3.63) is 0 Å². The minimum Gasteiger partial charge on any atom is -0.460 e. The smallest absolute Gasteiger partial charge is 0.315 e. The first kappa shape index (κ1) is 9.94. The highest BCUT2D eigenvalue weighted by atomic mass is 16.6. The molecule has 0 radical (unpaired) electrons. The minimum absolute atomic E-state index is 0.350. The van der Waals surface area contributed by atoms with E-state index in [2.05, 4.69) is 0 Å². The summed E-state index contributed by atoms with van der Waals surface area (Å²) in [6, 6.07) is 0. The first-order chi connectivity index (χ1) is 4.81. The van der Waals surface area contributed by atoms with Gasteiger partial charge in [-0.3, -0.25) is 9.59 Å². The maximum absolute atomic E-state index is 10.7. The summed E-state index contributed by atoms with van der Waals surface area (Å²) in [5, 5.41) is 0. The number of esters is 1. The number of rotatable bonds is 2. The van der Waals surface area contributed by atoms with E-state index in [9.17, 15) is 9.59 Å². The van der Waals surface area contributed by atoms with Crippen molar-refractivity contribution < 1.29 is 14.3 Å². The molecule has 0 aromatic carbocycles.